The van der Waals surface area contributed by atoms with Crippen LogP contribution in [0.15, 0.2) is 18.2 Å². The fourth-order valence-electron chi connectivity index (χ4n) is 2.84. The highest BCUT2D eigenvalue weighted by molar-refractivity contribution is 5.82. The molecule has 0 saturated heterocycles. The van der Waals surface area contributed by atoms with Crippen molar-refractivity contribution >= 4 is 5.91 Å². The number of carbonyl (C=O) groups is 1. The van der Waals surface area contributed by atoms with E-state index in [9.17, 15) is 4.79 Å². The summed E-state index contributed by atoms with van der Waals surface area (Å²) in [6.45, 7) is 1.66. The molecule has 1 unspecified atom stereocenters. The first-order valence-electron chi connectivity index (χ1n) is 7.31. The topological polar surface area (TPSA) is 41.6 Å². The molecule has 1 aliphatic heterocycles. The first-order valence-corrected chi connectivity index (χ1v) is 7.31. The molecule has 0 spiro atoms. The van der Waals surface area contributed by atoms with E-state index in [1.165, 1.54) is 24.0 Å². The Kier molecular flexibility index (Phi) is 3.66. The zero-order valence-corrected chi connectivity index (χ0v) is 12.2. The molecule has 4 heteroatoms. The quantitative estimate of drug-likeness (QED) is 0.906. The molecule has 1 amide bonds. The van der Waals surface area contributed by atoms with E-state index in [4.69, 9.17) is 4.74 Å². The molecule has 0 aromatic heterocycles. The van der Waals surface area contributed by atoms with Crippen LogP contribution in [0.3, 0.4) is 0 Å². The molecule has 1 aromatic rings. The fourth-order valence-corrected chi connectivity index (χ4v) is 2.84. The number of rotatable bonds is 4. The second kappa shape index (κ2) is 5.44. The SMILES string of the molecule is COc1ccc2c(c1)CC(C(=O)N(C)CC1CC1)NC2. The standard InChI is InChI=1S/C16H22N2O2/c1-18(10-11-3-4-11)16(19)15-8-13-7-14(20-2)6-5-12(13)9-17-15/h5-7,11,15,17H,3-4,8-10H2,1-2H3. The van der Waals surface area contributed by atoms with Crippen LogP contribution in [-0.4, -0.2) is 37.6 Å². The summed E-state index contributed by atoms with van der Waals surface area (Å²) in [6.07, 6.45) is 3.30. The molecule has 0 bridgehead atoms. The largest absolute Gasteiger partial charge is 0.497 e. The van der Waals surface area contributed by atoms with E-state index in [-0.39, 0.29) is 11.9 Å². The van der Waals surface area contributed by atoms with Gasteiger partial charge in [0.2, 0.25) is 5.91 Å². The number of benzene rings is 1. The Morgan fingerprint density at radius 3 is 2.90 bits per heavy atom. The Bertz CT molecular complexity index is 511. The molecule has 1 atom stereocenters. The van der Waals surface area contributed by atoms with E-state index >= 15 is 0 Å². The summed E-state index contributed by atoms with van der Waals surface area (Å²) < 4.78 is 5.27. The maximum Gasteiger partial charge on any atom is 0.239 e. The van der Waals surface area contributed by atoms with Crippen LogP contribution in [0.2, 0.25) is 0 Å². The summed E-state index contributed by atoms with van der Waals surface area (Å²) >= 11 is 0. The predicted molar refractivity (Wildman–Crippen MR) is 77.7 cm³/mol. The van der Waals surface area contributed by atoms with Gasteiger partial charge in [0.1, 0.15) is 5.75 Å². The Morgan fingerprint density at radius 1 is 1.40 bits per heavy atom. The third-order valence-electron chi connectivity index (χ3n) is 4.28. The molecule has 3 rings (SSSR count). The number of amides is 1. The highest BCUT2D eigenvalue weighted by Crippen LogP contribution is 2.30. The van der Waals surface area contributed by atoms with Gasteiger partial charge in [0.25, 0.3) is 0 Å². The fraction of sp³-hybridized carbons (Fsp3) is 0.562. The van der Waals surface area contributed by atoms with Gasteiger partial charge >= 0.3 is 0 Å². The number of ether oxygens (including phenoxy) is 1. The first-order chi connectivity index (χ1) is 9.67. The van der Waals surface area contributed by atoms with Crippen LogP contribution in [0.5, 0.6) is 5.75 Å². The molecule has 108 valence electrons. The number of fused-ring (bicyclic) bond motifs is 1. The first kappa shape index (κ1) is 13.4. The van der Waals surface area contributed by atoms with Crippen molar-refractivity contribution in [1.29, 1.82) is 0 Å². The maximum absolute atomic E-state index is 12.5. The van der Waals surface area contributed by atoms with E-state index in [0.29, 0.717) is 0 Å². The van der Waals surface area contributed by atoms with Crippen LogP contribution in [0.1, 0.15) is 24.0 Å². The summed E-state index contributed by atoms with van der Waals surface area (Å²) in [5, 5.41) is 3.36. The normalized spacial score (nSPS) is 21.2. The number of carbonyl (C=O) groups excluding carboxylic acids is 1. The average Bonchev–Trinajstić information content (AvgIpc) is 3.29. The van der Waals surface area contributed by atoms with Crippen molar-refractivity contribution in [2.45, 2.75) is 31.8 Å². The van der Waals surface area contributed by atoms with Crippen molar-refractivity contribution in [3.8, 4) is 5.75 Å². The Morgan fingerprint density at radius 2 is 2.20 bits per heavy atom. The van der Waals surface area contributed by atoms with Crippen molar-refractivity contribution in [3.05, 3.63) is 29.3 Å². The van der Waals surface area contributed by atoms with Gasteiger partial charge in [-0.2, -0.15) is 0 Å². The van der Waals surface area contributed by atoms with Gasteiger partial charge in [-0.3, -0.25) is 4.79 Å². The lowest BCUT2D eigenvalue weighted by Gasteiger charge is -2.29. The molecule has 1 aromatic carbocycles. The highest BCUT2D eigenvalue weighted by Gasteiger charge is 2.30. The molecule has 0 radical (unpaired) electrons. The minimum Gasteiger partial charge on any atom is -0.497 e. The Hall–Kier alpha value is -1.55. The van der Waals surface area contributed by atoms with Crippen LogP contribution < -0.4 is 10.1 Å². The molecule has 1 aliphatic carbocycles. The van der Waals surface area contributed by atoms with Crippen molar-refractivity contribution in [1.82, 2.24) is 10.2 Å². The molecular weight excluding hydrogens is 252 g/mol. The van der Waals surface area contributed by atoms with E-state index in [2.05, 4.69) is 17.4 Å². The maximum atomic E-state index is 12.5. The predicted octanol–water partition coefficient (Wildman–Crippen LogP) is 1.58. The average molecular weight is 274 g/mol. The number of nitrogens with zero attached hydrogens (tertiary/aromatic N) is 1. The van der Waals surface area contributed by atoms with Gasteiger partial charge in [-0.15, -0.1) is 0 Å². The number of hydrogen-bond acceptors (Lipinski definition) is 3. The van der Waals surface area contributed by atoms with E-state index < -0.39 is 0 Å². The number of methoxy groups -OCH3 is 1. The van der Waals surface area contributed by atoms with Crippen LogP contribution in [-0.2, 0) is 17.8 Å². The Labute approximate surface area is 120 Å². The molecule has 1 N–H and O–H groups in total. The van der Waals surface area contributed by atoms with Crippen molar-refractivity contribution in [3.63, 3.8) is 0 Å². The minimum absolute atomic E-state index is 0.0987. The van der Waals surface area contributed by atoms with E-state index in [1.54, 1.807) is 7.11 Å². The molecule has 1 saturated carbocycles. The second-order valence-electron chi connectivity index (χ2n) is 5.93. The van der Waals surface area contributed by atoms with E-state index in [1.807, 2.05) is 18.0 Å². The van der Waals surface area contributed by atoms with Crippen LogP contribution in [0.25, 0.3) is 0 Å². The number of likely N-dealkylation sites (N-methyl/N-ethyl adjacent to an activating group) is 1. The monoisotopic (exact) mass is 274 g/mol. The van der Waals surface area contributed by atoms with Gasteiger partial charge in [0.05, 0.1) is 13.2 Å². The molecule has 1 fully saturated rings. The zero-order valence-electron chi connectivity index (χ0n) is 12.2. The zero-order chi connectivity index (χ0) is 14.1. The minimum atomic E-state index is -0.0987. The van der Waals surface area contributed by atoms with Gasteiger partial charge in [-0.25, -0.2) is 0 Å². The third-order valence-corrected chi connectivity index (χ3v) is 4.28. The summed E-state index contributed by atoms with van der Waals surface area (Å²) in [5.74, 6) is 1.81. The van der Waals surface area contributed by atoms with Gasteiger partial charge in [-0.05, 0) is 48.4 Å². The molecule has 1 heterocycles. The second-order valence-corrected chi connectivity index (χ2v) is 5.93. The lowest BCUT2D eigenvalue weighted by atomic mass is 9.95. The highest BCUT2D eigenvalue weighted by atomic mass is 16.5. The molecular formula is C16H22N2O2. The van der Waals surface area contributed by atoms with E-state index in [0.717, 1.165) is 31.2 Å². The molecule has 2 aliphatic rings. The third kappa shape index (κ3) is 2.80. The van der Waals surface area contributed by atoms with Gasteiger partial charge in [0.15, 0.2) is 0 Å². The van der Waals surface area contributed by atoms with Crippen molar-refractivity contribution in [2.75, 3.05) is 20.7 Å². The summed E-state index contributed by atoms with van der Waals surface area (Å²) in [5.41, 5.74) is 2.49. The summed E-state index contributed by atoms with van der Waals surface area (Å²) in [7, 11) is 3.60. The van der Waals surface area contributed by atoms with Crippen LogP contribution >= 0.6 is 0 Å². The molecule has 4 nitrogen and oxygen atoms in total. The smallest absolute Gasteiger partial charge is 0.239 e. The number of nitrogens with one attached hydrogen (secondary N) is 1. The van der Waals surface area contributed by atoms with Crippen LogP contribution in [0.4, 0.5) is 0 Å². The van der Waals surface area contributed by atoms with Crippen molar-refractivity contribution in [2.24, 2.45) is 5.92 Å². The van der Waals surface area contributed by atoms with Crippen LogP contribution in [0, 0.1) is 5.92 Å². The summed E-state index contributed by atoms with van der Waals surface area (Å²) in [4.78, 5) is 14.3. The van der Waals surface area contributed by atoms with Gasteiger partial charge in [-0.1, -0.05) is 6.07 Å². The molecule has 20 heavy (non-hydrogen) atoms. The van der Waals surface area contributed by atoms with Gasteiger partial charge < -0.3 is 15.0 Å². The Balaban J connectivity index is 1.68. The van der Waals surface area contributed by atoms with Crippen molar-refractivity contribution < 1.29 is 9.53 Å². The summed E-state index contributed by atoms with van der Waals surface area (Å²) in [6, 6.07) is 6.01. The lowest BCUT2D eigenvalue weighted by Crippen LogP contribution is -2.48. The number of hydrogen-bond donors (Lipinski definition) is 1. The van der Waals surface area contributed by atoms with Gasteiger partial charge in [0, 0.05) is 20.1 Å². The lowest BCUT2D eigenvalue weighted by molar-refractivity contribution is -0.132.